The molecule has 15 heavy (non-hydrogen) atoms. The van der Waals surface area contributed by atoms with Crippen LogP contribution in [0.2, 0.25) is 0 Å². The predicted molar refractivity (Wildman–Crippen MR) is 62.8 cm³/mol. The third kappa shape index (κ3) is 2.69. The quantitative estimate of drug-likeness (QED) is 0.917. The van der Waals surface area contributed by atoms with Crippen LogP contribution in [0.1, 0.15) is 17.5 Å². The van der Waals surface area contributed by atoms with E-state index in [0.717, 1.165) is 10.9 Å². The lowest BCUT2D eigenvalue weighted by Crippen LogP contribution is -2.05. The van der Waals surface area contributed by atoms with Crippen molar-refractivity contribution in [3.05, 3.63) is 27.5 Å². The van der Waals surface area contributed by atoms with Gasteiger partial charge < -0.3 is 10.5 Å². The molecule has 0 aliphatic carbocycles. The third-order valence-electron chi connectivity index (χ3n) is 2.28. The van der Waals surface area contributed by atoms with Crippen molar-refractivity contribution in [1.29, 1.82) is 0 Å². The SMILES string of the molecule is COc1c(Br)cc(C)c(F)c1CCCN. The van der Waals surface area contributed by atoms with Gasteiger partial charge in [-0.05, 0) is 53.9 Å². The summed E-state index contributed by atoms with van der Waals surface area (Å²) in [4.78, 5) is 0. The van der Waals surface area contributed by atoms with Crippen LogP contribution in [0.15, 0.2) is 10.5 Å². The largest absolute Gasteiger partial charge is 0.495 e. The lowest BCUT2D eigenvalue weighted by molar-refractivity contribution is 0.400. The highest BCUT2D eigenvalue weighted by molar-refractivity contribution is 9.10. The van der Waals surface area contributed by atoms with Gasteiger partial charge >= 0.3 is 0 Å². The van der Waals surface area contributed by atoms with Crippen LogP contribution < -0.4 is 10.5 Å². The Kier molecular flexibility index (Phi) is 4.54. The zero-order chi connectivity index (χ0) is 11.4. The maximum atomic E-state index is 13.8. The highest BCUT2D eigenvalue weighted by atomic mass is 79.9. The summed E-state index contributed by atoms with van der Waals surface area (Å²) in [6, 6.07) is 1.72. The van der Waals surface area contributed by atoms with Crippen molar-refractivity contribution in [2.24, 2.45) is 5.73 Å². The molecule has 1 aromatic rings. The number of hydrogen-bond acceptors (Lipinski definition) is 2. The number of ether oxygens (including phenoxy) is 1. The Bertz CT molecular complexity index is 355. The Hall–Kier alpha value is -0.610. The van der Waals surface area contributed by atoms with Crippen LogP contribution in [0, 0.1) is 12.7 Å². The highest BCUT2D eigenvalue weighted by Gasteiger charge is 2.15. The standard InChI is InChI=1S/C11H15BrFNO/c1-7-6-9(12)11(15-2)8(10(7)13)4-3-5-14/h6H,3-5,14H2,1-2H3. The molecule has 0 bridgehead atoms. The maximum Gasteiger partial charge on any atom is 0.139 e. The van der Waals surface area contributed by atoms with Crippen LogP contribution >= 0.6 is 15.9 Å². The average molecular weight is 276 g/mol. The molecule has 4 heteroatoms. The van der Waals surface area contributed by atoms with Crippen LogP contribution in [0.3, 0.4) is 0 Å². The van der Waals surface area contributed by atoms with Crippen LogP contribution in [-0.2, 0) is 6.42 Å². The topological polar surface area (TPSA) is 35.2 Å². The van der Waals surface area contributed by atoms with Gasteiger partial charge in [0, 0.05) is 5.56 Å². The van der Waals surface area contributed by atoms with Gasteiger partial charge in [-0.3, -0.25) is 0 Å². The molecule has 1 aromatic carbocycles. The third-order valence-corrected chi connectivity index (χ3v) is 2.87. The molecule has 84 valence electrons. The summed E-state index contributed by atoms with van der Waals surface area (Å²) in [7, 11) is 1.54. The van der Waals surface area contributed by atoms with E-state index in [2.05, 4.69) is 15.9 Å². The molecule has 1 rings (SSSR count). The Morgan fingerprint density at radius 2 is 2.20 bits per heavy atom. The molecular formula is C11H15BrFNO. The summed E-state index contributed by atoms with van der Waals surface area (Å²) >= 11 is 3.36. The lowest BCUT2D eigenvalue weighted by atomic mass is 10.0. The molecule has 0 saturated carbocycles. The fourth-order valence-corrected chi connectivity index (χ4v) is 2.27. The van der Waals surface area contributed by atoms with E-state index in [1.807, 2.05) is 0 Å². The second-order valence-electron chi connectivity index (χ2n) is 3.39. The first kappa shape index (κ1) is 12.5. The minimum Gasteiger partial charge on any atom is -0.495 e. The molecule has 0 radical (unpaired) electrons. The van der Waals surface area contributed by atoms with Gasteiger partial charge in [-0.2, -0.15) is 0 Å². The van der Waals surface area contributed by atoms with Crippen LogP contribution in [0.5, 0.6) is 5.75 Å². The van der Waals surface area contributed by atoms with Crippen molar-refractivity contribution in [2.45, 2.75) is 19.8 Å². The Morgan fingerprint density at radius 1 is 1.53 bits per heavy atom. The summed E-state index contributed by atoms with van der Waals surface area (Å²) < 4.78 is 19.8. The van der Waals surface area contributed by atoms with E-state index >= 15 is 0 Å². The molecule has 0 saturated heterocycles. The molecular weight excluding hydrogens is 261 g/mol. The molecule has 0 spiro atoms. The number of aryl methyl sites for hydroxylation is 1. The minimum atomic E-state index is -0.191. The molecule has 0 aliphatic rings. The molecule has 0 heterocycles. The molecule has 2 N–H and O–H groups in total. The Morgan fingerprint density at radius 3 is 2.73 bits per heavy atom. The monoisotopic (exact) mass is 275 g/mol. The zero-order valence-electron chi connectivity index (χ0n) is 8.94. The first-order chi connectivity index (χ1) is 7.11. The van der Waals surface area contributed by atoms with Gasteiger partial charge in [0.15, 0.2) is 0 Å². The van der Waals surface area contributed by atoms with Gasteiger partial charge in [-0.25, -0.2) is 4.39 Å². The van der Waals surface area contributed by atoms with Crippen molar-refractivity contribution in [1.82, 2.24) is 0 Å². The summed E-state index contributed by atoms with van der Waals surface area (Å²) in [6.07, 6.45) is 1.36. The maximum absolute atomic E-state index is 13.8. The van der Waals surface area contributed by atoms with Gasteiger partial charge in [0.1, 0.15) is 11.6 Å². The van der Waals surface area contributed by atoms with Gasteiger partial charge in [0.05, 0.1) is 11.6 Å². The van der Waals surface area contributed by atoms with Crippen molar-refractivity contribution in [3.8, 4) is 5.75 Å². The van der Waals surface area contributed by atoms with E-state index in [0.29, 0.717) is 29.8 Å². The van der Waals surface area contributed by atoms with Crippen LogP contribution in [-0.4, -0.2) is 13.7 Å². The number of methoxy groups -OCH3 is 1. The van der Waals surface area contributed by atoms with E-state index < -0.39 is 0 Å². The minimum absolute atomic E-state index is 0.191. The van der Waals surface area contributed by atoms with E-state index in [4.69, 9.17) is 10.5 Å². The molecule has 0 aromatic heterocycles. The number of benzene rings is 1. The van der Waals surface area contributed by atoms with Gasteiger partial charge in [0.2, 0.25) is 0 Å². The predicted octanol–water partition coefficient (Wildman–Crippen LogP) is 2.80. The fourth-order valence-electron chi connectivity index (χ4n) is 1.52. The van der Waals surface area contributed by atoms with Crippen LogP contribution in [0.25, 0.3) is 0 Å². The molecule has 0 fully saturated rings. The number of hydrogen-bond donors (Lipinski definition) is 1. The van der Waals surface area contributed by atoms with Crippen molar-refractivity contribution in [3.63, 3.8) is 0 Å². The van der Waals surface area contributed by atoms with Crippen LogP contribution in [0.4, 0.5) is 4.39 Å². The van der Waals surface area contributed by atoms with Crippen molar-refractivity contribution >= 4 is 15.9 Å². The summed E-state index contributed by atoms with van der Waals surface area (Å²) in [5.74, 6) is 0.384. The Labute approximate surface area is 97.7 Å². The van der Waals surface area contributed by atoms with E-state index in [1.54, 1.807) is 20.1 Å². The highest BCUT2D eigenvalue weighted by Crippen LogP contribution is 2.33. The van der Waals surface area contributed by atoms with Crippen molar-refractivity contribution < 1.29 is 9.13 Å². The number of nitrogens with two attached hydrogens (primary N) is 1. The number of halogens is 2. The number of rotatable bonds is 4. The first-order valence-corrected chi connectivity index (χ1v) is 5.62. The van der Waals surface area contributed by atoms with Gasteiger partial charge in [-0.15, -0.1) is 0 Å². The molecule has 2 nitrogen and oxygen atoms in total. The van der Waals surface area contributed by atoms with E-state index in [9.17, 15) is 4.39 Å². The normalized spacial score (nSPS) is 10.5. The fraction of sp³-hybridized carbons (Fsp3) is 0.455. The summed E-state index contributed by atoms with van der Waals surface area (Å²) in [5, 5.41) is 0. The summed E-state index contributed by atoms with van der Waals surface area (Å²) in [6.45, 7) is 2.29. The lowest BCUT2D eigenvalue weighted by Gasteiger charge is -2.13. The molecule has 0 unspecified atom stereocenters. The molecule has 0 atom stereocenters. The Balaban J connectivity index is 3.18. The van der Waals surface area contributed by atoms with Gasteiger partial charge in [-0.1, -0.05) is 0 Å². The second kappa shape index (κ2) is 5.47. The van der Waals surface area contributed by atoms with E-state index in [-0.39, 0.29) is 5.82 Å². The first-order valence-electron chi connectivity index (χ1n) is 4.83. The summed E-state index contributed by atoms with van der Waals surface area (Å²) in [5.41, 5.74) is 6.65. The smallest absolute Gasteiger partial charge is 0.139 e. The molecule has 0 amide bonds. The zero-order valence-corrected chi connectivity index (χ0v) is 10.5. The molecule has 0 aliphatic heterocycles. The average Bonchev–Trinajstić information content (AvgIpc) is 2.21. The van der Waals surface area contributed by atoms with Gasteiger partial charge in [0.25, 0.3) is 0 Å². The second-order valence-corrected chi connectivity index (χ2v) is 4.25. The van der Waals surface area contributed by atoms with E-state index in [1.165, 1.54) is 0 Å². The van der Waals surface area contributed by atoms with Crippen molar-refractivity contribution in [2.75, 3.05) is 13.7 Å².